The first-order chi connectivity index (χ1) is 6.86. The zero-order chi connectivity index (χ0) is 9.80. The van der Waals surface area contributed by atoms with Crippen molar-refractivity contribution in [2.75, 3.05) is 11.9 Å². The monoisotopic (exact) mass is 229 g/mol. The van der Waals surface area contributed by atoms with E-state index in [1.54, 1.807) is 6.26 Å². The van der Waals surface area contributed by atoms with Gasteiger partial charge in [0, 0.05) is 13.0 Å². The maximum Gasteiger partial charge on any atom is 0.186 e. The number of nitrogens with zero attached hydrogens (tertiary/aromatic N) is 2. The van der Waals surface area contributed by atoms with Crippen LogP contribution in [0.15, 0.2) is 22.8 Å². The van der Waals surface area contributed by atoms with Crippen LogP contribution >= 0.6 is 23.3 Å². The second-order valence-corrected chi connectivity index (χ2v) is 3.55. The van der Waals surface area contributed by atoms with Gasteiger partial charge < -0.3 is 9.73 Å². The fourth-order valence-electron chi connectivity index (χ4n) is 1.04. The lowest BCUT2D eigenvalue weighted by atomic mass is 10.3. The second kappa shape index (κ2) is 4.43. The summed E-state index contributed by atoms with van der Waals surface area (Å²) in [4.78, 5) is 0. The van der Waals surface area contributed by atoms with Gasteiger partial charge in [0.15, 0.2) is 11.0 Å². The maximum absolute atomic E-state index is 5.75. The summed E-state index contributed by atoms with van der Waals surface area (Å²) in [5.41, 5.74) is 0. The van der Waals surface area contributed by atoms with Gasteiger partial charge in [0.05, 0.1) is 18.0 Å². The van der Waals surface area contributed by atoms with Crippen LogP contribution in [-0.2, 0) is 6.42 Å². The van der Waals surface area contributed by atoms with Crippen molar-refractivity contribution in [2.45, 2.75) is 6.42 Å². The van der Waals surface area contributed by atoms with Crippen molar-refractivity contribution in [3.8, 4) is 0 Å². The Hall–Kier alpha value is -1.07. The summed E-state index contributed by atoms with van der Waals surface area (Å²) in [6.45, 7) is 0.735. The number of anilines is 1. The molecule has 0 unspecified atom stereocenters. The van der Waals surface area contributed by atoms with Gasteiger partial charge in [-0.1, -0.05) is 11.6 Å². The van der Waals surface area contributed by atoms with Crippen molar-refractivity contribution < 1.29 is 4.42 Å². The average molecular weight is 230 g/mol. The first kappa shape index (κ1) is 9.48. The molecule has 0 aliphatic rings. The lowest BCUT2D eigenvalue weighted by Crippen LogP contribution is -2.04. The van der Waals surface area contributed by atoms with Gasteiger partial charge in [-0.05, 0) is 12.1 Å². The van der Waals surface area contributed by atoms with E-state index in [1.165, 1.54) is 0 Å². The molecule has 0 radical (unpaired) electrons. The van der Waals surface area contributed by atoms with Crippen molar-refractivity contribution in [1.29, 1.82) is 0 Å². The minimum absolute atomic E-state index is 0.425. The molecule has 4 nitrogen and oxygen atoms in total. The van der Waals surface area contributed by atoms with Crippen molar-refractivity contribution in [1.82, 2.24) is 8.75 Å². The topological polar surface area (TPSA) is 51.0 Å². The van der Waals surface area contributed by atoms with Crippen LogP contribution < -0.4 is 5.32 Å². The van der Waals surface area contributed by atoms with Crippen LogP contribution in [0.5, 0.6) is 0 Å². The second-order valence-electron chi connectivity index (χ2n) is 2.66. The summed E-state index contributed by atoms with van der Waals surface area (Å²) >= 11 is 6.85. The highest BCUT2D eigenvalue weighted by Gasteiger charge is 2.03. The van der Waals surface area contributed by atoms with Crippen molar-refractivity contribution in [2.24, 2.45) is 0 Å². The van der Waals surface area contributed by atoms with Gasteiger partial charge in [-0.15, -0.1) is 0 Å². The lowest BCUT2D eigenvalue weighted by molar-refractivity contribution is 0.513. The van der Waals surface area contributed by atoms with E-state index in [2.05, 4.69) is 14.1 Å². The Kier molecular flexibility index (Phi) is 3.00. The minimum atomic E-state index is 0.425. The fourth-order valence-corrected chi connectivity index (χ4v) is 1.73. The van der Waals surface area contributed by atoms with E-state index in [0.717, 1.165) is 30.5 Å². The smallest absolute Gasteiger partial charge is 0.186 e. The van der Waals surface area contributed by atoms with E-state index in [4.69, 9.17) is 16.0 Å². The van der Waals surface area contributed by atoms with Gasteiger partial charge in [0.1, 0.15) is 5.76 Å². The largest absolute Gasteiger partial charge is 0.469 e. The van der Waals surface area contributed by atoms with Crippen LogP contribution in [0.25, 0.3) is 0 Å². The van der Waals surface area contributed by atoms with E-state index in [-0.39, 0.29) is 0 Å². The van der Waals surface area contributed by atoms with Crippen LogP contribution in [0.4, 0.5) is 5.82 Å². The summed E-state index contributed by atoms with van der Waals surface area (Å²) in [7, 11) is 0. The quantitative estimate of drug-likeness (QED) is 0.875. The molecule has 0 aromatic carbocycles. The maximum atomic E-state index is 5.75. The summed E-state index contributed by atoms with van der Waals surface area (Å²) in [6.07, 6.45) is 2.47. The first-order valence-corrected chi connectivity index (χ1v) is 5.21. The third-order valence-electron chi connectivity index (χ3n) is 1.69. The van der Waals surface area contributed by atoms with Crippen molar-refractivity contribution >= 4 is 29.1 Å². The molecule has 6 heteroatoms. The van der Waals surface area contributed by atoms with E-state index >= 15 is 0 Å². The van der Waals surface area contributed by atoms with Crippen LogP contribution in [-0.4, -0.2) is 15.3 Å². The van der Waals surface area contributed by atoms with Gasteiger partial charge in [0.25, 0.3) is 0 Å². The molecule has 2 rings (SSSR count). The van der Waals surface area contributed by atoms with Crippen LogP contribution in [0.3, 0.4) is 0 Å². The van der Waals surface area contributed by atoms with Crippen LogP contribution in [0.2, 0.25) is 5.15 Å². The Balaban J connectivity index is 1.81. The normalized spacial score (nSPS) is 10.4. The number of hydrogen-bond donors (Lipinski definition) is 1. The number of halogens is 1. The number of nitrogens with one attached hydrogen (secondary N) is 1. The molecule has 2 heterocycles. The Labute approximate surface area is 90.2 Å². The molecule has 74 valence electrons. The summed E-state index contributed by atoms with van der Waals surface area (Å²) in [5.74, 6) is 1.58. The molecule has 0 atom stereocenters. The number of rotatable bonds is 4. The Morgan fingerprint density at radius 2 is 2.43 bits per heavy atom. The highest BCUT2D eigenvalue weighted by molar-refractivity contribution is 6.99. The minimum Gasteiger partial charge on any atom is -0.469 e. The highest BCUT2D eigenvalue weighted by Crippen LogP contribution is 2.17. The molecule has 0 saturated carbocycles. The van der Waals surface area contributed by atoms with Crippen molar-refractivity contribution in [3.63, 3.8) is 0 Å². The zero-order valence-electron chi connectivity index (χ0n) is 7.24. The number of furan rings is 1. The van der Waals surface area contributed by atoms with Gasteiger partial charge in [0.2, 0.25) is 0 Å². The van der Waals surface area contributed by atoms with Gasteiger partial charge in [-0.3, -0.25) is 0 Å². The molecule has 0 saturated heterocycles. The predicted octanol–water partition coefficient (Wildman–Crippen LogP) is 2.44. The van der Waals surface area contributed by atoms with E-state index in [9.17, 15) is 0 Å². The molecule has 1 N–H and O–H groups in total. The molecule has 2 aromatic heterocycles. The third-order valence-corrected chi connectivity index (χ3v) is 2.58. The summed E-state index contributed by atoms with van der Waals surface area (Å²) < 4.78 is 13.0. The van der Waals surface area contributed by atoms with Crippen LogP contribution in [0, 0.1) is 0 Å². The number of hydrogen-bond acceptors (Lipinski definition) is 5. The summed E-state index contributed by atoms with van der Waals surface area (Å²) in [6, 6.07) is 3.80. The van der Waals surface area contributed by atoms with E-state index < -0.39 is 0 Å². The molecule has 0 spiro atoms. The molecule has 14 heavy (non-hydrogen) atoms. The number of aromatic nitrogens is 2. The van der Waals surface area contributed by atoms with Gasteiger partial charge in [-0.2, -0.15) is 8.75 Å². The van der Waals surface area contributed by atoms with E-state index in [0.29, 0.717) is 11.0 Å². The molecule has 0 aliphatic heterocycles. The molecular weight excluding hydrogens is 222 g/mol. The van der Waals surface area contributed by atoms with E-state index in [1.807, 2.05) is 12.1 Å². The highest BCUT2D eigenvalue weighted by atomic mass is 35.5. The molecule has 0 aliphatic carbocycles. The SMILES string of the molecule is Clc1nsnc1NCCc1ccco1. The molecule has 0 amide bonds. The Bertz CT molecular complexity index is 387. The lowest BCUT2D eigenvalue weighted by Gasteiger charge is -1.99. The van der Waals surface area contributed by atoms with Crippen molar-refractivity contribution in [3.05, 3.63) is 29.3 Å². The fraction of sp³-hybridized carbons (Fsp3) is 0.250. The zero-order valence-corrected chi connectivity index (χ0v) is 8.81. The molecular formula is C8H8ClN3OS. The third kappa shape index (κ3) is 2.24. The Morgan fingerprint density at radius 1 is 1.50 bits per heavy atom. The standard InChI is InChI=1S/C8H8ClN3OS/c9-7-8(12-14-11-7)10-4-3-6-2-1-5-13-6/h1-2,5H,3-4H2,(H,10,12). The van der Waals surface area contributed by atoms with Crippen LogP contribution in [0.1, 0.15) is 5.76 Å². The molecule has 0 bridgehead atoms. The first-order valence-electron chi connectivity index (χ1n) is 4.10. The molecule has 0 fully saturated rings. The van der Waals surface area contributed by atoms with Gasteiger partial charge >= 0.3 is 0 Å². The molecule has 2 aromatic rings. The van der Waals surface area contributed by atoms with Gasteiger partial charge in [-0.25, -0.2) is 0 Å². The summed E-state index contributed by atoms with van der Waals surface area (Å²) in [5, 5.41) is 3.50. The average Bonchev–Trinajstić information content (AvgIpc) is 2.78. The Morgan fingerprint density at radius 3 is 3.07 bits per heavy atom. The predicted molar refractivity (Wildman–Crippen MR) is 55.8 cm³/mol.